The van der Waals surface area contributed by atoms with Gasteiger partial charge < -0.3 is 25.5 Å². The van der Waals surface area contributed by atoms with E-state index >= 15 is 0 Å². The van der Waals surface area contributed by atoms with Gasteiger partial charge in [0.1, 0.15) is 11.9 Å². The van der Waals surface area contributed by atoms with Gasteiger partial charge in [-0.3, -0.25) is 4.79 Å². The van der Waals surface area contributed by atoms with Crippen molar-refractivity contribution in [1.82, 2.24) is 5.32 Å². The van der Waals surface area contributed by atoms with Crippen molar-refractivity contribution >= 4 is 23.3 Å². The van der Waals surface area contributed by atoms with E-state index in [0.717, 1.165) is 5.56 Å². The monoisotopic (exact) mass is 379 g/mol. The minimum absolute atomic E-state index is 0.00281. The summed E-state index contributed by atoms with van der Waals surface area (Å²) in [5.74, 6) is 0.142. The zero-order chi connectivity index (χ0) is 19.9. The molecule has 28 heavy (non-hydrogen) atoms. The fourth-order valence-electron chi connectivity index (χ4n) is 2.56. The number of hydrogen-bond donors (Lipinski definition) is 4. The van der Waals surface area contributed by atoms with Crippen LogP contribution in [-0.2, 0) is 0 Å². The largest absolute Gasteiger partial charge is 0.467 e. The van der Waals surface area contributed by atoms with Crippen molar-refractivity contribution < 1.29 is 19.1 Å². The Morgan fingerprint density at radius 2 is 1.82 bits per heavy atom. The number of aliphatic hydroxyl groups is 1. The number of anilines is 2. The number of carbonyl (C=O) groups excluding carboxylic acids is 2. The number of aryl methyl sites for hydroxylation is 1. The minimum Gasteiger partial charge on any atom is -0.467 e. The highest BCUT2D eigenvalue weighted by Crippen LogP contribution is 2.21. The third-order valence-corrected chi connectivity index (χ3v) is 4.11. The van der Waals surface area contributed by atoms with Crippen LogP contribution in [0.3, 0.4) is 0 Å². The zero-order valence-corrected chi connectivity index (χ0v) is 15.3. The standard InChI is InChI=1S/C21H21N3O4/c1-14-9-10-16(23-20(26)15-6-3-2-4-7-15)12-17(14)24-21(27)22-13-18(25)19-8-5-11-28-19/h2-12,18,25H,13H2,1H3,(H,23,26)(H2,22,24,27). The van der Waals surface area contributed by atoms with Crippen molar-refractivity contribution in [1.29, 1.82) is 0 Å². The summed E-state index contributed by atoms with van der Waals surface area (Å²) in [6.07, 6.45) is 0.523. The summed E-state index contributed by atoms with van der Waals surface area (Å²) in [5, 5.41) is 18.1. The van der Waals surface area contributed by atoms with Crippen LogP contribution in [0.4, 0.5) is 16.2 Å². The number of nitrogens with one attached hydrogen (secondary N) is 3. The molecule has 0 spiro atoms. The molecule has 0 radical (unpaired) electrons. The Bertz CT molecular complexity index is 940. The highest BCUT2D eigenvalue weighted by molar-refractivity contribution is 6.04. The van der Waals surface area contributed by atoms with Gasteiger partial charge in [0.15, 0.2) is 0 Å². The molecule has 4 N–H and O–H groups in total. The van der Waals surface area contributed by atoms with Gasteiger partial charge in [-0.1, -0.05) is 24.3 Å². The third-order valence-electron chi connectivity index (χ3n) is 4.11. The number of carbonyl (C=O) groups is 2. The average Bonchev–Trinajstić information content (AvgIpc) is 3.24. The predicted octanol–water partition coefficient (Wildman–Crippen LogP) is 3.70. The van der Waals surface area contributed by atoms with Gasteiger partial charge >= 0.3 is 6.03 Å². The molecule has 1 unspecified atom stereocenters. The lowest BCUT2D eigenvalue weighted by atomic mass is 10.1. The number of rotatable bonds is 6. The molecular formula is C21H21N3O4. The van der Waals surface area contributed by atoms with Crippen molar-refractivity contribution in [3.63, 3.8) is 0 Å². The smallest absolute Gasteiger partial charge is 0.319 e. The van der Waals surface area contributed by atoms with Crippen LogP contribution < -0.4 is 16.0 Å². The van der Waals surface area contributed by atoms with Gasteiger partial charge in [-0.2, -0.15) is 0 Å². The van der Waals surface area contributed by atoms with E-state index in [2.05, 4.69) is 16.0 Å². The molecule has 3 amide bonds. The topological polar surface area (TPSA) is 104 Å². The second kappa shape index (κ2) is 8.88. The molecule has 0 bridgehead atoms. The van der Waals surface area contributed by atoms with Gasteiger partial charge in [0.05, 0.1) is 12.8 Å². The highest BCUT2D eigenvalue weighted by Gasteiger charge is 2.13. The lowest BCUT2D eigenvalue weighted by Crippen LogP contribution is -2.32. The van der Waals surface area contributed by atoms with E-state index in [1.165, 1.54) is 6.26 Å². The van der Waals surface area contributed by atoms with E-state index in [9.17, 15) is 14.7 Å². The molecule has 144 valence electrons. The second-order valence-corrected chi connectivity index (χ2v) is 6.22. The van der Waals surface area contributed by atoms with Crippen LogP contribution in [0.5, 0.6) is 0 Å². The molecule has 7 nitrogen and oxygen atoms in total. The first-order chi connectivity index (χ1) is 13.5. The fraction of sp³-hybridized carbons (Fsp3) is 0.143. The summed E-state index contributed by atoms with van der Waals surface area (Å²) in [6.45, 7) is 1.85. The van der Waals surface area contributed by atoms with Crippen LogP contribution in [0.25, 0.3) is 0 Å². The van der Waals surface area contributed by atoms with Crippen LogP contribution in [0.2, 0.25) is 0 Å². The quantitative estimate of drug-likeness (QED) is 0.524. The molecule has 0 fully saturated rings. The van der Waals surface area contributed by atoms with Crippen LogP contribution in [-0.4, -0.2) is 23.6 Å². The molecule has 3 aromatic rings. The van der Waals surface area contributed by atoms with Crippen molar-refractivity contribution in [2.24, 2.45) is 0 Å². The molecule has 1 heterocycles. The number of urea groups is 1. The van der Waals surface area contributed by atoms with Crippen LogP contribution in [0.15, 0.2) is 71.3 Å². The molecule has 0 aliphatic heterocycles. The summed E-state index contributed by atoms with van der Waals surface area (Å²) in [4.78, 5) is 24.4. The van der Waals surface area contributed by atoms with Crippen molar-refractivity contribution in [2.75, 3.05) is 17.2 Å². The van der Waals surface area contributed by atoms with Gasteiger partial charge in [-0.15, -0.1) is 0 Å². The summed E-state index contributed by atoms with van der Waals surface area (Å²) in [5.41, 5.74) is 2.49. The Morgan fingerprint density at radius 1 is 1.04 bits per heavy atom. The third kappa shape index (κ3) is 4.99. The maximum Gasteiger partial charge on any atom is 0.319 e. The number of hydrogen-bond acceptors (Lipinski definition) is 4. The molecule has 0 saturated carbocycles. The summed E-state index contributed by atoms with van der Waals surface area (Å²) >= 11 is 0. The Kier molecular flexibility index (Phi) is 6.08. The van der Waals surface area contributed by atoms with Crippen molar-refractivity contribution in [3.8, 4) is 0 Å². The first-order valence-corrected chi connectivity index (χ1v) is 8.76. The lowest BCUT2D eigenvalue weighted by molar-refractivity contribution is 0.102. The van der Waals surface area contributed by atoms with Gasteiger partial charge in [0.2, 0.25) is 0 Å². The number of benzene rings is 2. The maximum absolute atomic E-state index is 12.3. The van der Waals surface area contributed by atoms with Crippen molar-refractivity contribution in [3.05, 3.63) is 83.8 Å². The van der Waals surface area contributed by atoms with Crippen LogP contribution in [0, 0.1) is 6.92 Å². The summed E-state index contributed by atoms with van der Waals surface area (Å²) in [6, 6.07) is 16.9. The number of aliphatic hydroxyl groups excluding tert-OH is 1. The minimum atomic E-state index is -0.932. The molecule has 0 saturated heterocycles. The molecule has 0 aliphatic rings. The first-order valence-electron chi connectivity index (χ1n) is 8.76. The van der Waals surface area contributed by atoms with E-state index in [1.54, 1.807) is 54.6 Å². The van der Waals surface area contributed by atoms with E-state index in [4.69, 9.17) is 4.42 Å². The average molecular weight is 379 g/mol. The maximum atomic E-state index is 12.3. The van der Waals surface area contributed by atoms with E-state index < -0.39 is 12.1 Å². The van der Waals surface area contributed by atoms with Crippen molar-refractivity contribution in [2.45, 2.75) is 13.0 Å². The fourth-order valence-corrected chi connectivity index (χ4v) is 2.56. The molecular weight excluding hydrogens is 358 g/mol. The highest BCUT2D eigenvalue weighted by atomic mass is 16.4. The van der Waals surface area contributed by atoms with Gasteiger partial charge in [-0.05, 0) is 48.9 Å². The van der Waals surface area contributed by atoms with E-state index in [-0.39, 0.29) is 12.5 Å². The number of amides is 3. The van der Waals surface area contributed by atoms with E-state index in [1.807, 2.05) is 13.0 Å². The van der Waals surface area contributed by atoms with Gasteiger partial charge in [-0.25, -0.2) is 4.79 Å². The Balaban J connectivity index is 1.59. The first kappa shape index (κ1) is 19.2. The number of furan rings is 1. The normalized spacial score (nSPS) is 11.5. The zero-order valence-electron chi connectivity index (χ0n) is 15.3. The Morgan fingerprint density at radius 3 is 2.54 bits per heavy atom. The Hall–Kier alpha value is -3.58. The van der Waals surface area contributed by atoms with Crippen LogP contribution >= 0.6 is 0 Å². The van der Waals surface area contributed by atoms with Gasteiger partial charge in [0, 0.05) is 16.9 Å². The summed E-state index contributed by atoms with van der Waals surface area (Å²) in [7, 11) is 0. The molecule has 1 aromatic heterocycles. The predicted molar refractivity (Wildman–Crippen MR) is 106 cm³/mol. The lowest BCUT2D eigenvalue weighted by Gasteiger charge is -2.14. The molecule has 1 atom stereocenters. The van der Waals surface area contributed by atoms with E-state index in [0.29, 0.717) is 22.7 Å². The summed E-state index contributed by atoms with van der Waals surface area (Å²) < 4.78 is 5.09. The Labute approximate surface area is 162 Å². The van der Waals surface area contributed by atoms with Crippen LogP contribution in [0.1, 0.15) is 27.8 Å². The molecule has 7 heteroatoms. The molecule has 2 aromatic carbocycles. The second-order valence-electron chi connectivity index (χ2n) is 6.22. The van der Waals surface area contributed by atoms with Gasteiger partial charge in [0.25, 0.3) is 5.91 Å². The molecule has 3 rings (SSSR count). The molecule has 0 aliphatic carbocycles. The SMILES string of the molecule is Cc1ccc(NC(=O)c2ccccc2)cc1NC(=O)NCC(O)c1ccco1.